The van der Waals surface area contributed by atoms with Crippen molar-refractivity contribution in [3.63, 3.8) is 0 Å². The van der Waals surface area contributed by atoms with Gasteiger partial charge in [-0.1, -0.05) is 36.4 Å². The molecule has 118 valence electrons. The van der Waals surface area contributed by atoms with Crippen LogP contribution in [0.3, 0.4) is 0 Å². The van der Waals surface area contributed by atoms with Crippen molar-refractivity contribution in [1.82, 2.24) is 0 Å². The lowest BCUT2D eigenvalue weighted by molar-refractivity contribution is -0.903. The third kappa shape index (κ3) is 9.27. The van der Waals surface area contributed by atoms with Crippen LogP contribution in [0.1, 0.15) is 25.3 Å². The van der Waals surface area contributed by atoms with Crippen molar-refractivity contribution in [2.24, 2.45) is 0 Å². The zero-order valence-corrected chi connectivity index (χ0v) is 14.0. The van der Waals surface area contributed by atoms with Crippen LogP contribution in [-0.4, -0.2) is 37.7 Å². The van der Waals surface area contributed by atoms with E-state index in [2.05, 4.69) is 38.4 Å². The Morgan fingerprint density at radius 3 is 2.48 bits per heavy atom. The highest BCUT2D eigenvalue weighted by molar-refractivity contribution is 5.81. The predicted molar refractivity (Wildman–Crippen MR) is 82.1 cm³/mol. The standard InChI is InChI=1S/C17H26NO2.ClH/c1-4-10-17(19)20-14-9-8-13-18(2,3)15-16-11-6-5-7-12-16;/h4-7,10-12H,8-9,13-15H2,1-3H3;1H/q+1;/p-1. The fraction of sp³-hybridized carbons (Fsp3) is 0.471. The van der Waals surface area contributed by atoms with Gasteiger partial charge in [0.2, 0.25) is 0 Å². The Hall–Kier alpha value is -1.32. The zero-order chi connectivity index (χ0) is 14.8. The van der Waals surface area contributed by atoms with Gasteiger partial charge in [-0.15, -0.1) is 0 Å². The van der Waals surface area contributed by atoms with Crippen LogP contribution in [0.15, 0.2) is 42.5 Å². The van der Waals surface area contributed by atoms with E-state index >= 15 is 0 Å². The Morgan fingerprint density at radius 2 is 1.86 bits per heavy atom. The smallest absolute Gasteiger partial charge is 0.330 e. The molecule has 0 N–H and O–H groups in total. The summed E-state index contributed by atoms with van der Waals surface area (Å²) in [5, 5.41) is 0. The Bertz CT molecular complexity index is 430. The molecule has 0 saturated carbocycles. The molecule has 4 heteroatoms. The summed E-state index contributed by atoms with van der Waals surface area (Å²) in [6, 6.07) is 10.5. The van der Waals surface area contributed by atoms with Gasteiger partial charge in [-0.25, -0.2) is 4.79 Å². The molecule has 21 heavy (non-hydrogen) atoms. The number of halogens is 1. The average Bonchev–Trinajstić information content (AvgIpc) is 2.39. The Balaban J connectivity index is 0.00000400. The van der Waals surface area contributed by atoms with E-state index in [1.165, 1.54) is 11.6 Å². The molecule has 0 aliphatic rings. The molecular weight excluding hydrogens is 286 g/mol. The van der Waals surface area contributed by atoms with Gasteiger partial charge in [0, 0.05) is 11.6 Å². The molecule has 0 aromatic heterocycles. The van der Waals surface area contributed by atoms with Crippen molar-refractivity contribution in [2.75, 3.05) is 27.2 Å². The van der Waals surface area contributed by atoms with E-state index in [-0.39, 0.29) is 18.4 Å². The van der Waals surface area contributed by atoms with Crippen molar-refractivity contribution < 1.29 is 26.4 Å². The van der Waals surface area contributed by atoms with Crippen LogP contribution in [0.25, 0.3) is 0 Å². The van der Waals surface area contributed by atoms with Gasteiger partial charge in [0.05, 0.1) is 27.2 Å². The molecular formula is C17H26ClNO2. The number of hydrogen-bond donors (Lipinski definition) is 0. The monoisotopic (exact) mass is 311 g/mol. The number of unbranched alkanes of at least 4 members (excludes halogenated alkanes) is 1. The van der Waals surface area contributed by atoms with E-state index in [0.29, 0.717) is 6.61 Å². The van der Waals surface area contributed by atoms with E-state index in [9.17, 15) is 4.79 Å². The summed E-state index contributed by atoms with van der Waals surface area (Å²) in [7, 11) is 4.47. The van der Waals surface area contributed by atoms with Gasteiger partial charge < -0.3 is 21.6 Å². The molecule has 0 spiro atoms. The first kappa shape index (κ1) is 19.7. The molecule has 0 radical (unpaired) electrons. The van der Waals surface area contributed by atoms with Crippen LogP contribution in [-0.2, 0) is 16.1 Å². The fourth-order valence-corrected chi connectivity index (χ4v) is 2.16. The molecule has 1 aromatic carbocycles. The number of ether oxygens (including phenoxy) is 1. The number of benzene rings is 1. The summed E-state index contributed by atoms with van der Waals surface area (Å²) >= 11 is 0. The number of esters is 1. The zero-order valence-electron chi connectivity index (χ0n) is 13.2. The number of nitrogens with zero attached hydrogens (tertiary/aromatic N) is 1. The summed E-state index contributed by atoms with van der Waals surface area (Å²) in [5.41, 5.74) is 1.36. The van der Waals surface area contributed by atoms with E-state index < -0.39 is 0 Å². The number of carbonyl (C=O) groups is 1. The van der Waals surface area contributed by atoms with E-state index in [4.69, 9.17) is 4.74 Å². The second-order valence-corrected chi connectivity index (χ2v) is 5.68. The molecule has 0 aliphatic carbocycles. The fourth-order valence-electron chi connectivity index (χ4n) is 2.16. The molecule has 0 amide bonds. The van der Waals surface area contributed by atoms with Crippen LogP contribution in [0.4, 0.5) is 0 Å². The van der Waals surface area contributed by atoms with Crippen LogP contribution in [0, 0.1) is 0 Å². The minimum Gasteiger partial charge on any atom is -1.00 e. The van der Waals surface area contributed by atoms with Crippen LogP contribution < -0.4 is 12.4 Å². The van der Waals surface area contributed by atoms with Crippen LogP contribution in [0.5, 0.6) is 0 Å². The van der Waals surface area contributed by atoms with Gasteiger partial charge >= 0.3 is 5.97 Å². The molecule has 0 bridgehead atoms. The van der Waals surface area contributed by atoms with Crippen molar-refractivity contribution in [3.05, 3.63) is 48.0 Å². The molecule has 3 nitrogen and oxygen atoms in total. The Morgan fingerprint density at radius 1 is 1.19 bits per heavy atom. The maximum atomic E-state index is 11.1. The molecule has 1 rings (SSSR count). The molecule has 0 heterocycles. The molecule has 1 aromatic rings. The lowest BCUT2D eigenvalue weighted by Crippen LogP contribution is -3.00. The summed E-state index contributed by atoms with van der Waals surface area (Å²) in [6.45, 7) is 4.43. The lowest BCUT2D eigenvalue weighted by atomic mass is 10.2. The normalized spacial score (nSPS) is 11.2. The first-order chi connectivity index (χ1) is 9.53. The largest absolute Gasteiger partial charge is 1.00 e. The maximum Gasteiger partial charge on any atom is 0.330 e. The Labute approximate surface area is 134 Å². The topological polar surface area (TPSA) is 26.3 Å². The third-order valence-corrected chi connectivity index (χ3v) is 3.16. The SMILES string of the molecule is CC=CC(=O)OCCCC[N+](C)(C)Cc1ccccc1.[Cl-]. The maximum absolute atomic E-state index is 11.1. The lowest BCUT2D eigenvalue weighted by Gasteiger charge is -2.30. The van der Waals surface area contributed by atoms with E-state index in [1.54, 1.807) is 6.08 Å². The quantitative estimate of drug-likeness (QED) is 0.296. The van der Waals surface area contributed by atoms with Gasteiger partial charge in [-0.05, 0) is 19.8 Å². The first-order valence-electron chi connectivity index (χ1n) is 7.19. The number of allylic oxidation sites excluding steroid dienone is 1. The number of quaternary nitrogens is 1. The predicted octanol–water partition coefficient (Wildman–Crippen LogP) is 0.167. The van der Waals surface area contributed by atoms with Gasteiger partial charge in [0.1, 0.15) is 6.54 Å². The molecule has 0 atom stereocenters. The second-order valence-electron chi connectivity index (χ2n) is 5.68. The first-order valence-corrected chi connectivity index (χ1v) is 7.19. The average molecular weight is 312 g/mol. The Kier molecular flexibility index (Phi) is 9.76. The number of hydrogen-bond acceptors (Lipinski definition) is 2. The summed E-state index contributed by atoms with van der Waals surface area (Å²) < 4.78 is 6.03. The third-order valence-electron chi connectivity index (χ3n) is 3.16. The molecule has 0 saturated heterocycles. The molecule has 0 fully saturated rings. The van der Waals surface area contributed by atoms with Crippen molar-refractivity contribution in [1.29, 1.82) is 0 Å². The van der Waals surface area contributed by atoms with Gasteiger partial charge in [-0.3, -0.25) is 0 Å². The van der Waals surface area contributed by atoms with Gasteiger partial charge in [0.25, 0.3) is 0 Å². The van der Waals surface area contributed by atoms with Gasteiger partial charge in [-0.2, -0.15) is 0 Å². The van der Waals surface area contributed by atoms with Crippen LogP contribution in [0.2, 0.25) is 0 Å². The highest BCUT2D eigenvalue weighted by atomic mass is 35.5. The molecule has 0 unspecified atom stereocenters. The minimum atomic E-state index is -0.245. The summed E-state index contributed by atoms with van der Waals surface area (Å²) in [6.07, 6.45) is 5.13. The minimum absolute atomic E-state index is 0. The number of rotatable bonds is 8. The van der Waals surface area contributed by atoms with Gasteiger partial charge in [0.15, 0.2) is 0 Å². The van der Waals surface area contributed by atoms with E-state index in [0.717, 1.165) is 30.4 Å². The summed E-state index contributed by atoms with van der Waals surface area (Å²) in [4.78, 5) is 11.1. The second kappa shape index (κ2) is 10.4. The van der Waals surface area contributed by atoms with Crippen molar-refractivity contribution >= 4 is 5.97 Å². The van der Waals surface area contributed by atoms with E-state index in [1.807, 2.05) is 13.0 Å². The highest BCUT2D eigenvalue weighted by Gasteiger charge is 2.15. The molecule has 0 aliphatic heterocycles. The van der Waals surface area contributed by atoms with Crippen molar-refractivity contribution in [2.45, 2.75) is 26.3 Å². The summed E-state index contributed by atoms with van der Waals surface area (Å²) in [5.74, 6) is -0.245. The van der Waals surface area contributed by atoms with Crippen LogP contribution >= 0.6 is 0 Å². The highest BCUT2D eigenvalue weighted by Crippen LogP contribution is 2.10. The van der Waals surface area contributed by atoms with Crippen molar-refractivity contribution in [3.8, 4) is 0 Å². The number of carbonyl (C=O) groups excluding carboxylic acids is 1.